The SMILES string of the molecule is COc1ccccc1NC(=O)COC(=O)/C=C/c1ccc(Br)o1. The number of anilines is 1. The van der Waals surface area contributed by atoms with Gasteiger partial charge in [0.15, 0.2) is 11.3 Å². The number of hydrogen-bond acceptors (Lipinski definition) is 5. The number of methoxy groups -OCH3 is 1. The zero-order valence-electron chi connectivity index (χ0n) is 12.2. The van der Waals surface area contributed by atoms with Crippen LogP contribution in [-0.4, -0.2) is 25.6 Å². The maximum atomic E-state index is 11.8. The van der Waals surface area contributed by atoms with Gasteiger partial charge in [0.2, 0.25) is 0 Å². The highest BCUT2D eigenvalue weighted by Crippen LogP contribution is 2.22. The highest BCUT2D eigenvalue weighted by molar-refractivity contribution is 9.10. The Morgan fingerprint density at radius 1 is 1.26 bits per heavy atom. The van der Waals surface area contributed by atoms with E-state index in [1.54, 1.807) is 36.4 Å². The molecule has 0 radical (unpaired) electrons. The molecule has 0 unspecified atom stereocenters. The fraction of sp³-hybridized carbons (Fsp3) is 0.125. The predicted octanol–water partition coefficient (Wildman–Crippen LogP) is 3.25. The van der Waals surface area contributed by atoms with Crippen LogP contribution in [0.2, 0.25) is 0 Å². The monoisotopic (exact) mass is 379 g/mol. The Morgan fingerprint density at radius 2 is 2.04 bits per heavy atom. The van der Waals surface area contributed by atoms with Crippen molar-refractivity contribution in [2.24, 2.45) is 0 Å². The molecule has 2 aromatic rings. The average Bonchev–Trinajstić information content (AvgIpc) is 2.97. The highest BCUT2D eigenvalue weighted by atomic mass is 79.9. The summed E-state index contributed by atoms with van der Waals surface area (Å²) in [5, 5.41) is 2.60. The van der Waals surface area contributed by atoms with Crippen LogP contribution >= 0.6 is 15.9 Å². The van der Waals surface area contributed by atoms with E-state index in [1.165, 1.54) is 19.3 Å². The van der Waals surface area contributed by atoms with Crippen molar-refractivity contribution in [1.29, 1.82) is 0 Å². The third-order valence-corrected chi connectivity index (χ3v) is 3.13. The number of hydrogen-bond donors (Lipinski definition) is 1. The number of para-hydroxylation sites is 2. The van der Waals surface area contributed by atoms with Crippen LogP contribution in [0.5, 0.6) is 5.75 Å². The molecular weight excluding hydrogens is 366 g/mol. The molecule has 0 fully saturated rings. The fourth-order valence-electron chi connectivity index (χ4n) is 1.69. The maximum absolute atomic E-state index is 11.8. The Morgan fingerprint density at radius 3 is 2.74 bits per heavy atom. The molecule has 1 aromatic carbocycles. The molecule has 0 aliphatic rings. The van der Waals surface area contributed by atoms with Crippen LogP contribution in [0.4, 0.5) is 5.69 Å². The number of furan rings is 1. The molecular formula is C16H14BrNO5. The van der Waals surface area contributed by atoms with E-state index in [2.05, 4.69) is 21.2 Å². The standard InChI is InChI=1S/C16H14BrNO5/c1-21-13-5-3-2-4-12(13)18-15(19)10-22-16(20)9-7-11-6-8-14(17)23-11/h2-9H,10H2,1H3,(H,18,19)/b9-7+. The molecule has 0 atom stereocenters. The number of ether oxygens (including phenoxy) is 2. The van der Waals surface area contributed by atoms with Crippen molar-refractivity contribution >= 4 is 39.6 Å². The van der Waals surface area contributed by atoms with Crippen LogP contribution in [0.3, 0.4) is 0 Å². The molecule has 0 saturated heterocycles. The number of rotatable bonds is 6. The van der Waals surface area contributed by atoms with Crippen molar-refractivity contribution in [3.8, 4) is 5.75 Å². The van der Waals surface area contributed by atoms with Crippen LogP contribution in [0, 0.1) is 0 Å². The first kappa shape index (κ1) is 16.8. The Balaban J connectivity index is 1.82. The largest absolute Gasteiger partial charge is 0.495 e. The maximum Gasteiger partial charge on any atom is 0.331 e. The van der Waals surface area contributed by atoms with E-state index in [1.807, 2.05) is 0 Å². The van der Waals surface area contributed by atoms with Gasteiger partial charge in [-0.15, -0.1) is 0 Å². The van der Waals surface area contributed by atoms with Crippen molar-refractivity contribution in [3.05, 3.63) is 52.9 Å². The van der Waals surface area contributed by atoms with Gasteiger partial charge in [0.25, 0.3) is 5.91 Å². The predicted molar refractivity (Wildman–Crippen MR) is 88.0 cm³/mol. The van der Waals surface area contributed by atoms with Gasteiger partial charge in [-0.05, 0) is 46.3 Å². The number of carbonyl (C=O) groups is 2. The lowest BCUT2D eigenvalue weighted by atomic mass is 10.3. The van der Waals surface area contributed by atoms with Crippen LogP contribution < -0.4 is 10.1 Å². The van der Waals surface area contributed by atoms with Gasteiger partial charge in [-0.1, -0.05) is 12.1 Å². The summed E-state index contributed by atoms with van der Waals surface area (Å²) in [6, 6.07) is 10.3. The summed E-state index contributed by atoms with van der Waals surface area (Å²) in [6.07, 6.45) is 2.63. The zero-order valence-corrected chi connectivity index (χ0v) is 13.8. The number of benzene rings is 1. The first-order chi connectivity index (χ1) is 11.1. The molecule has 1 N–H and O–H groups in total. The summed E-state index contributed by atoms with van der Waals surface area (Å²) < 4.78 is 15.7. The fourth-order valence-corrected chi connectivity index (χ4v) is 2.01. The van der Waals surface area contributed by atoms with Crippen molar-refractivity contribution in [1.82, 2.24) is 0 Å². The van der Waals surface area contributed by atoms with Gasteiger partial charge >= 0.3 is 5.97 Å². The molecule has 120 valence electrons. The van der Waals surface area contributed by atoms with Crippen molar-refractivity contribution in [2.45, 2.75) is 0 Å². The molecule has 1 aromatic heterocycles. The van der Waals surface area contributed by atoms with Crippen molar-refractivity contribution < 1.29 is 23.5 Å². The van der Waals surface area contributed by atoms with Gasteiger partial charge in [0, 0.05) is 6.08 Å². The molecule has 1 amide bonds. The lowest BCUT2D eigenvalue weighted by Gasteiger charge is -2.09. The smallest absolute Gasteiger partial charge is 0.331 e. The third kappa shape index (κ3) is 5.30. The minimum absolute atomic E-state index is 0.400. The Hall–Kier alpha value is -2.54. The first-order valence-electron chi connectivity index (χ1n) is 6.61. The molecule has 0 spiro atoms. The first-order valence-corrected chi connectivity index (χ1v) is 7.41. The number of esters is 1. The molecule has 6 nitrogen and oxygen atoms in total. The van der Waals surface area contributed by atoms with Crippen molar-refractivity contribution in [2.75, 3.05) is 19.0 Å². The van der Waals surface area contributed by atoms with Crippen LogP contribution in [0.1, 0.15) is 5.76 Å². The summed E-state index contributed by atoms with van der Waals surface area (Å²) >= 11 is 3.15. The molecule has 23 heavy (non-hydrogen) atoms. The van der Waals surface area contributed by atoms with Crippen LogP contribution in [-0.2, 0) is 14.3 Å². The quantitative estimate of drug-likeness (QED) is 0.615. The third-order valence-electron chi connectivity index (χ3n) is 2.70. The Labute approximate surface area is 141 Å². The van der Waals surface area contributed by atoms with Gasteiger partial charge in [-0.25, -0.2) is 4.79 Å². The van der Waals surface area contributed by atoms with Crippen molar-refractivity contribution in [3.63, 3.8) is 0 Å². The number of nitrogens with one attached hydrogen (secondary N) is 1. The Bertz CT molecular complexity index is 723. The van der Waals surface area contributed by atoms with E-state index < -0.39 is 18.5 Å². The molecule has 0 aliphatic heterocycles. The number of carbonyl (C=O) groups excluding carboxylic acids is 2. The minimum atomic E-state index is -0.646. The topological polar surface area (TPSA) is 77.8 Å². The summed E-state index contributed by atoms with van der Waals surface area (Å²) in [5.74, 6) is -0.0903. The summed E-state index contributed by atoms with van der Waals surface area (Å²) in [5.41, 5.74) is 0.507. The van der Waals surface area contributed by atoms with Gasteiger partial charge in [-0.3, -0.25) is 4.79 Å². The normalized spacial score (nSPS) is 10.5. The van der Waals surface area contributed by atoms with Gasteiger partial charge in [-0.2, -0.15) is 0 Å². The Kier molecular flexibility index (Phi) is 5.99. The van der Waals surface area contributed by atoms with E-state index in [9.17, 15) is 9.59 Å². The van der Waals surface area contributed by atoms with Crippen LogP contribution in [0.25, 0.3) is 6.08 Å². The molecule has 1 heterocycles. The molecule has 0 aliphatic carbocycles. The molecule has 0 bridgehead atoms. The van der Waals surface area contributed by atoms with Gasteiger partial charge < -0.3 is 19.2 Å². The minimum Gasteiger partial charge on any atom is -0.495 e. The lowest BCUT2D eigenvalue weighted by molar-refractivity contribution is -0.142. The van der Waals surface area contributed by atoms with Crippen LogP contribution in [0.15, 0.2) is 51.6 Å². The van der Waals surface area contributed by atoms with E-state index in [0.29, 0.717) is 21.9 Å². The average molecular weight is 380 g/mol. The second-order valence-corrected chi connectivity index (χ2v) is 5.11. The van der Waals surface area contributed by atoms with E-state index in [-0.39, 0.29) is 0 Å². The number of halogens is 1. The summed E-state index contributed by atoms with van der Waals surface area (Å²) in [4.78, 5) is 23.3. The second kappa shape index (κ2) is 8.19. The second-order valence-electron chi connectivity index (χ2n) is 4.33. The van der Waals surface area contributed by atoms with Gasteiger partial charge in [0.1, 0.15) is 11.5 Å². The summed E-state index contributed by atoms with van der Waals surface area (Å²) in [6.45, 7) is -0.400. The lowest BCUT2D eigenvalue weighted by Crippen LogP contribution is -2.20. The van der Waals surface area contributed by atoms with E-state index in [4.69, 9.17) is 13.9 Å². The molecule has 7 heteroatoms. The molecule has 0 saturated carbocycles. The van der Waals surface area contributed by atoms with E-state index >= 15 is 0 Å². The molecule has 2 rings (SSSR count). The zero-order chi connectivity index (χ0) is 16.7. The van der Waals surface area contributed by atoms with E-state index in [0.717, 1.165) is 0 Å². The van der Waals surface area contributed by atoms with Gasteiger partial charge in [0.05, 0.1) is 12.8 Å². The summed E-state index contributed by atoms with van der Waals surface area (Å²) in [7, 11) is 1.50. The highest BCUT2D eigenvalue weighted by Gasteiger charge is 2.09. The number of amides is 1.